The molecule has 0 N–H and O–H groups in total. The zero-order valence-electron chi connectivity index (χ0n) is 20.2. The number of hydrogen-bond acceptors (Lipinski definition) is 8. The van der Waals surface area contributed by atoms with Crippen LogP contribution in [0.2, 0.25) is 0 Å². The number of amides is 1. The lowest BCUT2D eigenvalue weighted by molar-refractivity contribution is -0.111. The van der Waals surface area contributed by atoms with Gasteiger partial charge in [0.1, 0.15) is 34.3 Å². The van der Waals surface area contributed by atoms with Crippen molar-refractivity contribution in [2.24, 2.45) is 11.8 Å². The van der Waals surface area contributed by atoms with Crippen molar-refractivity contribution in [2.45, 2.75) is 38.4 Å². The summed E-state index contributed by atoms with van der Waals surface area (Å²) in [5, 5.41) is 1.88. The van der Waals surface area contributed by atoms with Crippen LogP contribution in [0.3, 0.4) is 0 Å². The van der Waals surface area contributed by atoms with E-state index in [4.69, 9.17) is 18.9 Å². The molecular weight excluding hydrogens is 485 g/mol. The number of thiophene rings is 1. The van der Waals surface area contributed by atoms with Gasteiger partial charge in [-0.25, -0.2) is 19.2 Å². The van der Waals surface area contributed by atoms with Crippen molar-refractivity contribution in [1.29, 1.82) is 0 Å². The molecule has 3 fully saturated rings. The summed E-state index contributed by atoms with van der Waals surface area (Å²) >= 11 is 1.43. The number of halogens is 1. The van der Waals surface area contributed by atoms with Crippen LogP contribution in [-0.4, -0.2) is 65.6 Å². The minimum Gasteiger partial charge on any atom is -0.494 e. The zero-order chi connectivity index (χ0) is 24.9. The molecule has 6 rings (SSSR count). The molecule has 0 spiro atoms. The molecule has 190 valence electrons. The van der Waals surface area contributed by atoms with Crippen LogP contribution in [0, 0.1) is 17.7 Å². The average Bonchev–Trinajstić information content (AvgIpc) is 3.41. The number of hydrogen-bond donors (Lipinski definition) is 0. The summed E-state index contributed by atoms with van der Waals surface area (Å²) in [7, 11) is 0. The smallest absolute Gasteiger partial charge is 0.410 e. The maximum Gasteiger partial charge on any atom is 0.410 e. The fourth-order valence-electron chi connectivity index (χ4n) is 5.00. The first-order valence-corrected chi connectivity index (χ1v) is 13.2. The maximum absolute atomic E-state index is 14.9. The Kier molecular flexibility index (Phi) is 5.95. The molecule has 10 heteroatoms. The molecule has 1 aromatic carbocycles. The van der Waals surface area contributed by atoms with E-state index in [9.17, 15) is 9.18 Å². The number of rotatable bonds is 6. The van der Waals surface area contributed by atoms with Crippen LogP contribution < -0.4 is 9.47 Å². The highest BCUT2D eigenvalue weighted by Crippen LogP contribution is 2.42. The van der Waals surface area contributed by atoms with Gasteiger partial charge < -0.3 is 23.8 Å². The van der Waals surface area contributed by atoms with E-state index in [0.717, 1.165) is 17.5 Å². The lowest BCUT2D eigenvalue weighted by atomic mass is 9.84. The molecule has 3 aromatic rings. The van der Waals surface area contributed by atoms with Crippen LogP contribution in [0.15, 0.2) is 29.9 Å². The minimum absolute atomic E-state index is 0.00469. The lowest BCUT2D eigenvalue weighted by Gasteiger charge is -2.46. The number of carbonyl (C=O) groups is 1. The molecule has 1 amide bonds. The Labute approximate surface area is 212 Å². The Morgan fingerprint density at radius 1 is 1.22 bits per heavy atom. The second kappa shape index (κ2) is 9.15. The molecule has 2 bridgehead atoms. The number of carbonyl (C=O) groups excluding carboxylic acids is 1. The largest absolute Gasteiger partial charge is 0.494 e. The van der Waals surface area contributed by atoms with E-state index in [1.54, 1.807) is 17.0 Å². The van der Waals surface area contributed by atoms with Crippen LogP contribution >= 0.6 is 11.3 Å². The Morgan fingerprint density at radius 3 is 2.69 bits per heavy atom. The first kappa shape index (κ1) is 23.4. The molecule has 2 atom stereocenters. The Balaban J connectivity index is 1.23. The number of ether oxygens (including phenoxy) is 4. The van der Waals surface area contributed by atoms with Gasteiger partial charge in [0.05, 0.1) is 25.3 Å². The number of aromatic nitrogens is 2. The molecule has 0 radical (unpaired) electrons. The van der Waals surface area contributed by atoms with Crippen molar-refractivity contribution >= 4 is 27.6 Å². The van der Waals surface area contributed by atoms with Crippen LogP contribution in [0.5, 0.6) is 11.6 Å². The summed E-state index contributed by atoms with van der Waals surface area (Å²) in [5.41, 5.74) is 1.49. The van der Waals surface area contributed by atoms with Crippen LogP contribution in [0.1, 0.15) is 26.7 Å². The highest BCUT2D eigenvalue weighted by molar-refractivity contribution is 7.18. The summed E-state index contributed by atoms with van der Waals surface area (Å²) in [6.45, 7) is 6.34. The molecule has 2 unspecified atom stereocenters. The van der Waals surface area contributed by atoms with Gasteiger partial charge in [-0.2, -0.15) is 0 Å². The van der Waals surface area contributed by atoms with E-state index in [2.05, 4.69) is 9.97 Å². The SMILES string of the molecule is CCOc1ccc(-c2csc3c(OC4C5COCC4CN(C(=O)OC4(C)CC4)C5)ncnc23)c(F)c1. The molecule has 2 saturated heterocycles. The monoisotopic (exact) mass is 513 g/mol. The summed E-state index contributed by atoms with van der Waals surface area (Å²) in [4.78, 5) is 23.4. The van der Waals surface area contributed by atoms with Crippen molar-refractivity contribution in [3.05, 3.63) is 35.7 Å². The Hall–Kier alpha value is -2.98. The van der Waals surface area contributed by atoms with Gasteiger partial charge in [-0.15, -0.1) is 11.3 Å². The third-order valence-corrected chi connectivity index (χ3v) is 8.12. The van der Waals surface area contributed by atoms with Crippen LogP contribution in [0.25, 0.3) is 21.3 Å². The molecule has 4 heterocycles. The van der Waals surface area contributed by atoms with Gasteiger partial charge in [-0.1, -0.05) is 0 Å². The van der Waals surface area contributed by atoms with Crippen molar-refractivity contribution in [3.63, 3.8) is 0 Å². The first-order chi connectivity index (χ1) is 17.4. The summed E-state index contributed by atoms with van der Waals surface area (Å²) in [6.07, 6.45) is 2.89. The van der Waals surface area contributed by atoms with E-state index >= 15 is 0 Å². The molecule has 2 aromatic heterocycles. The summed E-state index contributed by atoms with van der Waals surface area (Å²) < 4.78 is 39.0. The quantitative estimate of drug-likeness (QED) is 0.463. The predicted molar refractivity (Wildman–Crippen MR) is 132 cm³/mol. The highest BCUT2D eigenvalue weighted by atomic mass is 32.1. The number of likely N-dealkylation sites (tertiary alicyclic amines) is 1. The Morgan fingerprint density at radius 2 is 2.00 bits per heavy atom. The summed E-state index contributed by atoms with van der Waals surface area (Å²) in [6, 6.07) is 4.86. The van der Waals surface area contributed by atoms with Gasteiger partial charge in [0.2, 0.25) is 5.88 Å². The van der Waals surface area contributed by atoms with E-state index in [1.807, 2.05) is 19.2 Å². The molecule has 36 heavy (non-hydrogen) atoms. The van der Waals surface area contributed by atoms with Crippen LogP contribution in [-0.2, 0) is 9.47 Å². The van der Waals surface area contributed by atoms with Crippen molar-refractivity contribution in [1.82, 2.24) is 14.9 Å². The molecule has 1 aliphatic carbocycles. The Bertz CT molecular complexity index is 1280. The first-order valence-electron chi connectivity index (χ1n) is 12.3. The summed E-state index contributed by atoms with van der Waals surface area (Å²) in [5.74, 6) is 0.612. The fourth-order valence-corrected chi connectivity index (χ4v) is 5.95. The molecule has 1 saturated carbocycles. The van der Waals surface area contributed by atoms with E-state index in [0.29, 0.717) is 61.2 Å². The normalized spacial score (nSPS) is 24.4. The van der Waals surface area contributed by atoms with Crippen molar-refractivity contribution in [3.8, 4) is 22.8 Å². The fraction of sp³-hybridized carbons (Fsp3) is 0.500. The number of piperidine rings is 1. The van der Waals surface area contributed by atoms with E-state index < -0.39 is 0 Å². The molecule has 2 aliphatic heterocycles. The number of benzene rings is 1. The second-order valence-corrected chi connectivity index (χ2v) is 10.8. The maximum atomic E-state index is 14.9. The van der Waals surface area contributed by atoms with Gasteiger partial charge in [0.15, 0.2) is 0 Å². The lowest BCUT2D eigenvalue weighted by Crippen LogP contribution is -2.59. The van der Waals surface area contributed by atoms with Gasteiger partial charge in [0.25, 0.3) is 0 Å². The zero-order valence-corrected chi connectivity index (χ0v) is 21.1. The molecule has 8 nitrogen and oxygen atoms in total. The topological polar surface area (TPSA) is 83.0 Å². The standard InChI is InChI=1S/C26H28FN3O5S/c1-3-33-17-4-5-18(20(27)8-17)19-13-36-23-21(19)28-14-29-24(23)34-22-15-9-30(10-16(22)12-32-11-15)25(31)35-26(2)6-7-26/h4-5,8,13-16,22H,3,6-7,9-12H2,1-2H3. The third-order valence-electron chi connectivity index (χ3n) is 7.16. The van der Waals surface area contributed by atoms with Crippen molar-refractivity contribution < 1.29 is 28.1 Å². The van der Waals surface area contributed by atoms with E-state index in [1.165, 1.54) is 23.7 Å². The van der Waals surface area contributed by atoms with Gasteiger partial charge in [-0.05, 0) is 38.8 Å². The minimum atomic E-state index is -0.368. The van der Waals surface area contributed by atoms with E-state index in [-0.39, 0.29) is 35.5 Å². The van der Waals surface area contributed by atoms with Crippen LogP contribution in [0.4, 0.5) is 9.18 Å². The third kappa shape index (κ3) is 4.37. The van der Waals surface area contributed by atoms with Crippen molar-refractivity contribution in [2.75, 3.05) is 32.9 Å². The molecule has 3 aliphatic rings. The molecular formula is C26H28FN3O5S. The van der Waals surface area contributed by atoms with Gasteiger partial charge >= 0.3 is 6.09 Å². The number of nitrogens with zero attached hydrogens (tertiary/aromatic N) is 3. The van der Waals surface area contributed by atoms with Gasteiger partial charge in [0, 0.05) is 47.5 Å². The van der Waals surface area contributed by atoms with Gasteiger partial charge in [-0.3, -0.25) is 0 Å². The average molecular weight is 514 g/mol. The predicted octanol–water partition coefficient (Wildman–Crippen LogP) is 4.91. The highest BCUT2D eigenvalue weighted by Gasteiger charge is 2.47. The second-order valence-electron chi connectivity index (χ2n) is 9.94. The number of fused-ring (bicyclic) bond motifs is 3.